The number of thioether (sulfide) groups is 1. The van der Waals surface area contributed by atoms with Crippen molar-refractivity contribution >= 4 is 43.6 Å². The average Bonchev–Trinajstić information content (AvgIpc) is 2.42. The number of rotatable bonds is 3. The summed E-state index contributed by atoms with van der Waals surface area (Å²) in [5.41, 5.74) is 2.95. The topological polar surface area (TPSA) is 20.2 Å². The molecule has 1 nitrogen and oxygen atoms in total. The maximum Gasteiger partial charge on any atom is 0.106 e. The highest BCUT2D eigenvalue weighted by Gasteiger charge is 2.17. The van der Waals surface area contributed by atoms with Crippen molar-refractivity contribution in [2.45, 2.75) is 17.9 Å². The van der Waals surface area contributed by atoms with Crippen molar-refractivity contribution in [1.82, 2.24) is 0 Å². The molecule has 2 rings (SSSR count). The first-order chi connectivity index (χ1) is 9.04. The van der Waals surface area contributed by atoms with Gasteiger partial charge in [0.05, 0.1) is 0 Å². The van der Waals surface area contributed by atoms with Crippen LogP contribution >= 0.6 is 43.6 Å². The molecule has 0 heterocycles. The molecule has 2 aromatic carbocycles. The van der Waals surface area contributed by atoms with E-state index in [0.29, 0.717) is 0 Å². The first-order valence-electron chi connectivity index (χ1n) is 5.81. The first-order valence-corrected chi connectivity index (χ1v) is 8.62. The highest BCUT2D eigenvalue weighted by Crippen LogP contribution is 2.36. The lowest BCUT2D eigenvalue weighted by Gasteiger charge is -2.17. The fourth-order valence-corrected chi connectivity index (χ4v) is 3.60. The molecule has 2 aromatic rings. The van der Waals surface area contributed by atoms with Crippen LogP contribution < -0.4 is 0 Å². The minimum atomic E-state index is -0.630. The molecule has 19 heavy (non-hydrogen) atoms. The molecule has 1 unspecified atom stereocenters. The van der Waals surface area contributed by atoms with Gasteiger partial charge in [0.1, 0.15) is 6.10 Å². The zero-order valence-corrected chi connectivity index (χ0v) is 14.6. The Labute approximate surface area is 134 Å². The molecule has 0 spiro atoms. The van der Waals surface area contributed by atoms with Crippen molar-refractivity contribution in [3.05, 3.63) is 62.0 Å². The Bertz CT molecular complexity index is 599. The van der Waals surface area contributed by atoms with Gasteiger partial charge in [-0.2, -0.15) is 0 Å². The molecule has 0 bridgehead atoms. The molecule has 0 radical (unpaired) electrons. The van der Waals surface area contributed by atoms with Crippen LogP contribution in [0.5, 0.6) is 0 Å². The summed E-state index contributed by atoms with van der Waals surface area (Å²) in [5, 5.41) is 10.6. The van der Waals surface area contributed by atoms with Crippen molar-refractivity contribution in [1.29, 1.82) is 0 Å². The van der Waals surface area contributed by atoms with Crippen LogP contribution in [0, 0.1) is 6.92 Å². The standard InChI is InChI=1S/C15H14Br2OS/c1-9-7-13(17)11(8-12(9)16)15(18)10-5-3-4-6-14(10)19-2/h3-8,15,18H,1-2H3. The smallest absolute Gasteiger partial charge is 0.106 e. The summed E-state index contributed by atoms with van der Waals surface area (Å²) >= 11 is 8.70. The van der Waals surface area contributed by atoms with Crippen LogP contribution in [0.3, 0.4) is 0 Å². The van der Waals surface area contributed by atoms with E-state index in [9.17, 15) is 5.11 Å². The third-order valence-electron chi connectivity index (χ3n) is 3.01. The Kier molecular flexibility index (Phi) is 5.12. The van der Waals surface area contributed by atoms with Gasteiger partial charge in [0.25, 0.3) is 0 Å². The third kappa shape index (κ3) is 3.24. The lowest BCUT2D eigenvalue weighted by Crippen LogP contribution is -2.03. The lowest BCUT2D eigenvalue weighted by molar-refractivity contribution is 0.216. The second kappa shape index (κ2) is 6.44. The number of benzene rings is 2. The second-order valence-corrected chi connectivity index (χ2v) is 6.82. The van der Waals surface area contributed by atoms with Crippen molar-refractivity contribution < 1.29 is 5.11 Å². The number of halogens is 2. The molecule has 0 aliphatic carbocycles. The van der Waals surface area contributed by atoms with E-state index in [1.54, 1.807) is 11.8 Å². The Morgan fingerprint density at radius 3 is 2.42 bits per heavy atom. The molecule has 0 aliphatic heterocycles. The third-order valence-corrected chi connectivity index (χ3v) is 5.36. The van der Waals surface area contributed by atoms with Crippen LogP contribution in [0.1, 0.15) is 22.8 Å². The molecule has 0 aromatic heterocycles. The Hall–Kier alpha value is -0.290. The lowest BCUT2D eigenvalue weighted by atomic mass is 10.0. The number of aryl methyl sites for hydroxylation is 1. The van der Waals surface area contributed by atoms with Gasteiger partial charge in [0.2, 0.25) is 0 Å². The Balaban J connectivity index is 2.50. The van der Waals surface area contributed by atoms with E-state index in [1.807, 2.05) is 49.6 Å². The fraction of sp³-hybridized carbons (Fsp3) is 0.200. The van der Waals surface area contributed by atoms with E-state index in [-0.39, 0.29) is 0 Å². The van der Waals surface area contributed by atoms with Gasteiger partial charge in [0, 0.05) is 19.4 Å². The van der Waals surface area contributed by atoms with Crippen LogP contribution in [-0.2, 0) is 0 Å². The normalized spacial score (nSPS) is 12.5. The Morgan fingerprint density at radius 1 is 1.05 bits per heavy atom. The van der Waals surface area contributed by atoms with Gasteiger partial charge in [-0.15, -0.1) is 11.8 Å². The second-order valence-electron chi connectivity index (χ2n) is 4.27. The average molecular weight is 402 g/mol. The maximum atomic E-state index is 10.6. The SMILES string of the molecule is CSc1ccccc1C(O)c1cc(Br)c(C)cc1Br. The predicted octanol–water partition coefficient (Wildman–Crippen LogP) is 5.32. The van der Waals surface area contributed by atoms with Crippen molar-refractivity contribution in [3.8, 4) is 0 Å². The molecule has 0 aliphatic rings. The van der Waals surface area contributed by atoms with E-state index >= 15 is 0 Å². The first kappa shape index (κ1) is 15.1. The van der Waals surface area contributed by atoms with Crippen LogP contribution in [0.2, 0.25) is 0 Å². The fourth-order valence-electron chi connectivity index (χ4n) is 1.93. The summed E-state index contributed by atoms with van der Waals surface area (Å²) in [4.78, 5) is 1.10. The predicted molar refractivity (Wildman–Crippen MR) is 88.9 cm³/mol. The van der Waals surface area contributed by atoms with E-state index < -0.39 is 6.10 Å². The van der Waals surface area contributed by atoms with Gasteiger partial charge in [-0.1, -0.05) is 50.1 Å². The molecule has 0 saturated carbocycles. The summed E-state index contributed by atoms with van der Waals surface area (Å²) in [5.74, 6) is 0. The van der Waals surface area contributed by atoms with Crippen LogP contribution in [0.15, 0.2) is 50.2 Å². The molecular formula is C15H14Br2OS. The number of hydrogen-bond donors (Lipinski definition) is 1. The molecule has 0 saturated heterocycles. The zero-order valence-electron chi connectivity index (χ0n) is 10.7. The van der Waals surface area contributed by atoms with Gasteiger partial charge in [0.15, 0.2) is 0 Å². The van der Waals surface area contributed by atoms with Gasteiger partial charge in [-0.05, 0) is 42.5 Å². The molecule has 1 atom stereocenters. The molecule has 100 valence electrons. The molecule has 0 amide bonds. The summed E-state index contributed by atoms with van der Waals surface area (Å²) in [6, 6.07) is 11.9. The summed E-state index contributed by atoms with van der Waals surface area (Å²) in [6.07, 6.45) is 1.39. The minimum Gasteiger partial charge on any atom is -0.384 e. The minimum absolute atomic E-state index is 0.630. The Morgan fingerprint density at radius 2 is 1.74 bits per heavy atom. The summed E-state index contributed by atoms with van der Waals surface area (Å²) in [6.45, 7) is 2.03. The molecular weight excluding hydrogens is 388 g/mol. The molecule has 4 heteroatoms. The maximum absolute atomic E-state index is 10.6. The van der Waals surface area contributed by atoms with E-state index in [4.69, 9.17) is 0 Å². The number of hydrogen-bond acceptors (Lipinski definition) is 2. The van der Waals surface area contributed by atoms with Gasteiger partial charge in [-0.25, -0.2) is 0 Å². The number of aliphatic hydroxyl groups excluding tert-OH is 1. The highest BCUT2D eigenvalue weighted by atomic mass is 79.9. The molecule has 1 N–H and O–H groups in total. The van der Waals surface area contributed by atoms with Crippen molar-refractivity contribution in [2.24, 2.45) is 0 Å². The van der Waals surface area contributed by atoms with E-state index in [2.05, 4.69) is 31.9 Å². The van der Waals surface area contributed by atoms with Crippen LogP contribution in [-0.4, -0.2) is 11.4 Å². The summed E-state index contributed by atoms with van der Waals surface area (Å²) < 4.78 is 1.93. The molecule has 0 fully saturated rings. The van der Waals surface area contributed by atoms with Gasteiger partial charge >= 0.3 is 0 Å². The highest BCUT2D eigenvalue weighted by molar-refractivity contribution is 9.11. The number of aliphatic hydroxyl groups is 1. The monoisotopic (exact) mass is 400 g/mol. The largest absolute Gasteiger partial charge is 0.384 e. The van der Waals surface area contributed by atoms with E-state index in [0.717, 1.165) is 30.5 Å². The van der Waals surface area contributed by atoms with Crippen LogP contribution in [0.4, 0.5) is 0 Å². The van der Waals surface area contributed by atoms with Crippen LogP contribution in [0.25, 0.3) is 0 Å². The zero-order chi connectivity index (χ0) is 14.0. The van der Waals surface area contributed by atoms with Crippen molar-refractivity contribution in [2.75, 3.05) is 6.26 Å². The van der Waals surface area contributed by atoms with Crippen molar-refractivity contribution in [3.63, 3.8) is 0 Å². The van der Waals surface area contributed by atoms with Gasteiger partial charge in [-0.3, -0.25) is 0 Å². The van der Waals surface area contributed by atoms with Gasteiger partial charge < -0.3 is 5.11 Å². The van der Waals surface area contributed by atoms with E-state index in [1.165, 1.54) is 0 Å². The summed E-state index contributed by atoms with van der Waals surface area (Å²) in [7, 11) is 0. The quantitative estimate of drug-likeness (QED) is 0.702.